The average Bonchev–Trinajstić information content (AvgIpc) is 2.89. The van der Waals surface area contributed by atoms with E-state index in [4.69, 9.17) is 28.3 Å². The Kier molecular flexibility index (Phi) is 4.60. The van der Waals surface area contributed by atoms with Crippen molar-refractivity contribution in [1.29, 1.82) is 0 Å². The van der Waals surface area contributed by atoms with Crippen LogP contribution in [0.1, 0.15) is 24.9 Å². The van der Waals surface area contributed by atoms with E-state index in [1.807, 2.05) is 0 Å². The van der Waals surface area contributed by atoms with Crippen LogP contribution in [0.5, 0.6) is 0 Å². The Morgan fingerprint density at radius 3 is 2.35 bits per heavy atom. The van der Waals surface area contributed by atoms with Crippen LogP contribution in [0.3, 0.4) is 0 Å². The van der Waals surface area contributed by atoms with Crippen molar-refractivity contribution in [3.8, 4) is 0 Å². The third-order valence-corrected chi connectivity index (χ3v) is 4.26. The van der Waals surface area contributed by atoms with Crippen molar-refractivity contribution in [3.05, 3.63) is 61.8 Å². The van der Waals surface area contributed by atoms with E-state index in [0.29, 0.717) is 14.9 Å². The second-order valence-electron chi connectivity index (χ2n) is 3.84. The Hall–Kier alpha value is -1.62. The maximum atomic E-state index is 11.9. The van der Waals surface area contributed by atoms with Crippen LogP contribution in [0.4, 0.5) is 0 Å². The number of carboxylic acid groups (broad SMARTS) is 1. The maximum Gasteiger partial charge on any atom is 0.345 e. The summed E-state index contributed by atoms with van der Waals surface area (Å²) in [5.74, 6) is -1.30. The fraction of sp³-hybridized carbons (Fsp3) is 0. The molecule has 0 spiro atoms. The van der Waals surface area contributed by atoms with Gasteiger partial charge in [-0.15, -0.1) is 11.3 Å². The van der Waals surface area contributed by atoms with Crippen molar-refractivity contribution in [2.75, 3.05) is 0 Å². The molecule has 1 aromatic carbocycles. The number of carbonyl (C=O) groups excluding carboxylic acids is 1. The van der Waals surface area contributed by atoms with Gasteiger partial charge < -0.3 is 5.11 Å². The number of allylic oxidation sites excluding steroid dienone is 1. The Balaban J connectivity index is 2.15. The third-order valence-electron chi connectivity index (χ3n) is 2.43. The van der Waals surface area contributed by atoms with Gasteiger partial charge in [-0.25, -0.2) is 4.79 Å². The Morgan fingerprint density at radius 2 is 1.75 bits per heavy atom. The summed E-state index contributed by atoms with van der Waals surface area (Å²) in [5, 5.41) is 9.65. The summed E-state index contributed by atoms with van der Waals surface area (Å²) in [7, 11) is 0. The predicted octanol–water partition coefficient (Wildman–Crippen LogP) is 4.65. The highest BCUT2D eigenvalue weighted by Gasteiger charge is 2.10. The molecule has 20 heavy (non-hydrogen) atoms. The van der Waals surface area contributed by atoms with Crippen LogP contribution in [0.2, 0.25) is 10.0 Å². The highest BCUT2D eigenvalue weighted by Crippen LogP contribution is 2.23. The average molecular weight is 327 g/mol. The number of hydrogen-bond donors (Lipinski definition) is 1. The minimum Gasteiger partial charge on any atom is -0.477 e. The molecule has 3 nitrogen and oxygen atoms in total. The molecule has 0 fully saturated rings. The number of benzene rings is 1. The SMILES string of the molecule is O=C(O)c1ccc(C(=O)/C=C/c2ccc(Cl)c(Cl)c2)s1. The zero-order valence-corrected chi connectivity index (χ0v) is 12.3. The fourth-order valence-electron chi connectivity index (χ4n) is 1.46. The lowest BCUT2D eigenvalue weighted by Crippen LogP contribution is -1.91. The van der Waals surface area contributed by atoms with E-state index in [-0.39, 0.29) is 10.7 Å². The molecule has 0 saturated heterocycles. The first kappa shape index (κ1) is 14.8. The zero-order chi connectivity index (χ0) is 14.7. The second kappa shape index (κ2) is 6.22. The summed E-state index contributed by atoms with van der Waals surface area (Å²) in [6.07, 6.45) is 2.97. The summed E-state index contributed by atoms with van der Waals surface area (Å²) in [5.41, 5.74) is 0.739. The predicted molar refractivity (Wildman–Crippen MR) is 81.1 cm³/mol. The van der Waals surface area contributed by atoms with Crippen molar-refractivity contribution >= 4 is 52.4 Å². The van der Waals surface area contributed by atoms with Gasteiger partial charge in [-0.2, -0.15) is 0 Å². The molecule has 0 radical (unpaired) electrons. The number of thiophene rings is 1. The molecule has 0 amide bonds. The van der Waals surface area contributed by atoms with Crippen molar-refractivity contribution in [2.45, 2.75) is 0 Å². The number of rotatable bonds is 4. The van der Waals surface area contributed by atoms with E-state index in [1.54, 1.807) is 24.3 Å². The number of aromatic carboxylic acids is 1. The van der Waals surface area contributed by atoms with Gasteiger partial charge in [0, 0.05) is 0 Å². The summed E-state index contributed by atoms with van der Waals surface area (Å²) in [6, 6.07) is 7.92. The van der Waals surface area contributed by atoms with E-state index >= 15 is 0 Å². The van der Waals surface area contributed by atoms with Crippen LogP contribution in [0.15, 0.2) is 36.4 Å². The van der Waals surface area contributed by atoms with Crippen molar-refractivity contribution in [2.24, 2.45) is 0 Å². The first-order valence-corrected chi connectivity index (χ1v) is 7.05. The van der Waals surface area contributed by atoms with Gasteiger partial charge in [0.05, 0.1) is 14.9 Å². The Labute approximate surface area is 129 Å². The monoisotopic (exact) mass is 326 g/mol. The van der Waals surface area contributed by atoms with Gasteiger partial charge in [-0.05, 0) is 35.9 Å². The molecule has 0 aliphatic heterocycles. The summed E-state index contributed by atoms with van der Waals surface area (Å²) in [6.45, 7) is 0. The molecule has 2 rings (SSSR count). The quantitative estimate of drug-likeness (QED) is 0.657. The molecule has 0 bridgehead atoms. The van der Waals surface area contributed by atoms with Gasteiger partial charge >= 0.3 is 5.97 Å². The lowest BCUT2D eigenvalue weighted by atomic mass is 10.2. The standard InChI is InChI=1S/C14H8Cl2O3S/c15-9-3-1-8(7-10(9)16)2-4-11(17)12-5-6-13(20-12)14(18)19/h1-7H,(H,18,19)/b4-2+. The highest BCUT2D eigenvalue weighted by molar-refractivity contribution is 7.16. The van der Waals surface area contributed by atoms with Gasteiger partial charge in [-0.3, -0.25) is 4.79 Å². The van der Waals surface area contributed by atoms with E-state index in [1.165, 1.54) is 18.2 Å². The van der Waals surface area contributed by atoms with E-state index in [2.05, 4.69) is 0 Å². The van der Waals surface area contributed by atoms with Crippen molar-refractivity contribution in [3.63, 3.8) is 0 Å². The molecule has 0 aliphatic carbocycles. The van der Waals surface area contributed by atoms with Gasteiger partial charge in [0.2, 0.25) is 0 Å². The van der Waals surface area contributed by atoms with Crippen molar-refractivity contribution in [1.82, 2.24) is 0 Å². The summed E-state index contributed by atoms with van der Waals surface area (Å²) in [4.78, 5) is 23.1. The Bertz CT molecular complexity index is 704. The van der Waals surface area contributed by atoms with Crippen LogP contribution >= 0.6 is 34.5 Å². The molecule has 6 heteroatoms. The fourth-order valence-corrected chi connectivity index (χ4v) is 2.53. The van der Waals surface area contributed by atoms with E-state index < -0.39 is 5.97 Å². The van der Waals surface area contributed by atoms with Crippen molar-refractivity contribution < 1.29 is 14.7 Å². The second-order valence-corrected chi connectivity index (χ2v) is 5.74. The van der Waals surface area contributed by atoms with Crippen LogP contribution in [-0.2, 0) is 0 Å². The van der Waals surface area contributed by atoms with Gasteiger partial charge in [-0.1, -0.05) is 35.3 Å². The molecular weight excluding hydrogens is 319 g/mol. The molecule has 0 atom stereocenters. The highest BCUT2D eigenvalue weighted by atomic mass is 35.5. The molecule has 1 N–H and O–H groups in total. The maximum absolute atomic E-state index is 11.9. The number of carbonyl (C=O) groups is 2. The number of ketones is 1. The van der Waals surface area contributed by atoms with Crippen LogP contribution in [0, 0.1) is 0 Å². The molecular formula is C14H8Cl2O3S. The molecule has 1 aromatic heterocycles. The summed E-state index contributed by atoms with van der Waals surface area (Å²) >= 11 is 12.6. The molecule has 102 valence electrons. The third kappa shape index (κ3) is 3.48. The number of carboxylic acids is 1. The smallest absolute Gasteiger partial charge is 0.345 e. The van der Waals surface area contributed by atoms with Gasteiger partial charge in [0.15, 0.2) is 5.78 Å². The zero-order valence-electron chi connectivity index (χ0n) is 9.97. The first-order valence-electron chi connectivity index (χ1n) is 5.48. The molecule has 1 heterocycles. The van der Waals surface area contributed by atoms with Gasteiger partial charge in [0.1, 0.15) is 4.88 Å². The lowest BCUT2D eigenvalue weighted by molar-refractivity contribution is 0.0702. The largest absolute Gasteiger partial charge is 0.477 e. The van der Waals surface area contributed by atoms with Crippen LogP contribution < -0.4 is 0 Å². The van der Waals surface area contributed by atoms with E-state index in [9.17, 15) is 9.59 Å². The first-order chi connectivity index (χ1) is 9.47. The number of hydrogen-bond acceptors (Lipinski definition) is 3. The minimum absolute atomic E-state index is 0.135. The normalized spacial score (nSPS) is 10.9. The molecule has 0 saturated carbocycles. The Morgan fingerprint density at radius 1 is 1.05 bits per heavy atom. The van der Waals surface area contributed by atoms with Crippen LogP contribution in [-0.4, -0.2) is 16.9 Å². The van der Waals surface area contributed by atoms with E-state index in [0.717, 1.165) is 16.9 Å². The summed E-state index contributed by atoms with van der Waals surface area (Å²) < 4.78 is 0. The lowest BCUT2D eigenvalue weighted by Gasteiger charge is -1.97. The molecule has 0 aliphatic rings. The molecule has 0 unspecified atom stereocenters. The minimum atomic E-state index is -1.04. The van der Waals surface area contributed by atoms with Gasteiger partial charge in [0.25, 0.3) is 0 Å². The number of halogens is 2. The molecule has 2 aromatic rings. The van der Waals surface area contributed by atoms with Crippen LogP contribution in [0.25, 0.3) is 6.08 Å². The topological polar surface area (TPSA) is 54.4 Å².